The van der Waals surface area contributed by atoms with Crippen LogP contribution in [0.25, 0.3) is 0 Å². The first-order chi connectivity index (χ1) is 8.10. The first kappa shape index (κ1) is 15.8. The van der Waals surface area contributed by atoms with Gasteiger partial charge >= 0.3 is 6.18 Å². The van der Waals surface area contributed by atoms with Crippen LogP contribution in [0.5, 0.6) is 0 Å². The lowest BCUT2D eigenvalue weighted by Crippen LogP contribution is -2.30. The van der Waals surface area contributed by atoms with E-state index in [-0.39, 0.29) is 0 Å². The quantitative estimate of drug-likeness (QED) is 0.764. The smallest absolute Gasteiger partial charge is 0.228 e. The van der Waals surface area contributed by atoms with Crippen LogP contribution in [-0.4, -0.2) is 25.2 Å². The maximum absolute atomic E-state index is 12.2. The normalized spacial score (nSPS) is 14.5. The third-order valence-corrected chi connectivity index (χ3v) is 5.19. The summed E-state index contributed by atoms with van der Waals surface area (Å²) in [7, 11) is -3.84. The molecule has 0 spiro atoms. The molecule has 1 atom stereocenters. The molecule has 0 aromatic heterocycles. The van der Waals surface area contributed by atoms with Crippen LogP contribution < -0.4 is 0 Å². The van der Waals surface area contributed by atoms with Gasteiger partial charge in [-0.3, -0.25) is 0 Å². The Hall–Kier alpha value is -0.270. The van der Waals surface area contributed by atoms with Crippen molar-refractivity contribution in [2.24, 2.45) is 0 Å². The predicted molar refractivity (Wildman–Crippen MR) is 67.7 cm³/mol. The fraction of sp³-hybridized carbons (Fsp3) is 0.400. The number of hydrogen-bond acceptors (Lipinski definition) is 2. The average molecular weight is 366 g/mol. The predicted octanol–water partition coefficient (Wildman–Crippen LogP) is 3.58. The minimum atomic E-state index is -4.58. The zero-order valence-corrected chi connectivity index (χ0v) is 12.1. The maximum atomic E-state index is 12.2. The van der Waals surface area contributed by atoms with E-state index in [1.807, 2.05) is 0 Å². The molecule has 1 aromatic rings. The van der Waals surface area contributed by atoms with E-state index >= 15 is 0 Å². The third-order valence-electron chi connectivity index (χ3n) is 2.06. The van der Waals surface area contributed by atoms with Gasteiger partial charge in [-0.1, -0.05) is 39.7 Å². The van der Waals surface area contributed by atoms with Crippen LogP contribution in [-0.2, 0) is 15.6 Å². The Labute approximate surface area is 116 Å². The molecule has 0 N–H and O–H groups in total. The molecule has 0 saturated heterocycles. The molecule has 0 saturated carbocycles. The lowest BCUT2D eigenvalue weighted by atomic mass is 10.2. The molecule has 2 nitrogen and oxygen atoms in total. The van der Waals surface area contributed by atoms with Crippen molar-refractivity contribution in [2.75, 3.05) is 5.75 Å². The van der Waals surface area contributed by atoms with Crippen molar-refractivity contribution in [3.63, 3.8) is 0 Å². The molecule has 0 aliphatic heterocycles. The first-order valence-corrected chi connectivity index (χ1v) is 7.87. The van der Waals surface area contributed by atoms with E-state index in [9.17, 15) is 21.6 Å². The van der Waals surface area contributed by atoms with Crippen LogP contribution in [0.4, 0.5) is 13.2 Å². The summed E-state index contributed by atoms with van der Waals surface area (Å²) in [5.74, 6) is -1.43. The summed E-state index contributed by atoms with van der Waals surface area (Å²) in [4.78, 5) is -2.05. The molecule has 1 unspecified atom stereocenters. The molecule has 8 heteroatoms. The van der Waals surface area contributed by atoms with E-state index in [4.69, 9.17) is 11.6 Å². The fourth-order valence-corrected chi connectivity index (χ4v) is 4.00. The SMILES string of the molecule is O=S(=O)(Cc1ccc(Cl)cc1)CC(Br)C(F)(F)F. The van der Waals surface area contributed by atoms with Crippen molar-refractivity contribution in [3.05, 3.63) is 34.9 Å². The second kappa shape index (κ2) is 5.79. The Kier molecular flexibility index (Phi) is 5.08. The summed E-state index contributed by atoms with van der Waals surface area (Å²) >= 11 is 7.96. The molecule has 1 rings (SSSR count). The van der Waals surface area contributed by atoms with Crippen LogP contribution in [0.2, 0.25) is 5.02 Å². The molecule has 0 bridgehead atoms. The monoisotopic (exact) mass is 364 g/mol. The van der Waals surface area contributed by atoms with E-state index in [1.54, 1.807) is 0 Å². The first-order valence-electron chi connectivity index (χ1n) is 4.76. The third kappa shape index (κ3) is 5.16. The maximum Gasteiger partial charge on any atom is 0.402 e. The highest BCUT2D eigenvalue weighted by molar-refractivity contribution is 9.09. The molecule has 18 heavy (non-hydrogen) atoms. The van der Waals surface area contributed by atoms with Gasteiger partial charge in [-0.05, 0) is 17.7 Å². The number of rotatable bonds is 4. The van der Waals surface area contributed by atoms with E-state index in [0.29, 0.717) is 10.6 Å². The Morgan fingerprint density at radius 1 is 1.22 bits per heavy atom. The van der Waals surface area contributed by atoms with Crippen LogP contribution in [0.1, 0.15) is 5.56 Å². The van der Waals surface area contributed by atoms with Gasteiger partial charge in [0.15, 0.2) is 9.84 Å². The number of sulfone groups is 1. The summed E-state index contributed by atoms with van der Waals surface area (Å²) in [6.07, 6.45) is -4.58. The molecule has 0 heterocycles. The van der Waals surface area contributed by atoms with Gasteiger partial charge in [0, 0.05) is 5.02 Å². The molecule has 0 aliphatic rings. The van der Waals surface area contributed by atoms with Gasteiger partial charge in [-0.25, -0.2) is 8.42 Å². The zero-order chi connectivity index (χ0) is 14.0. The van der Waals surface area contributed by atoms with E-state index in [0.717, 1.165) is 0 Å². The Balaban J connectivity index is 2.74. The standard InChI is InChI=1S/C10H9BrClF3O2S/c11-9(10(13,14)15)6-18(16,17)5-7-1-3-8(12)4-2-7/h1-4,9H,5-6H2. The van der Waals surface area contributed by atoms with Gasteiger partial charge in [-0.15, -0.1) is 0 Å². The highest BCUT2D eigenvalue weighted by Crippen LogP contribution is 2.28. The molecule has 1 aromatic carbocycles. The van der Waals surface area contributed by atoms with Gasteiger partial charge in [0.1, 0.15) is 4.83 Å². The zero-order valence-electron chi connectivity index (χ0n) is 8.92. The van der Waals surface area contributed by atoms with Gasteiger partial charge in [0.05, 0.1) is 11.5 Å². The van der Waals surface area contributed by atoms with Crippen LogP contribution in [0, 0.1) is 0 Å². The average Bonchev–Trinajstić information content (AvgIpc) is 2.19. The van der Waals surface area contributed by atoms with Gasteiger partial charge < -0.3 is 0 Å². The lowest BCUT2D eigenvalue weighted by Gasteiger charge is -2.14. The van der Waals surface area contributed by atoms with Crippen molar-refractivity contribution in [1.29, 1.82) is 0 Å². The fourth-order valence-electron chi connectivity index (χ4n) is 1.21. The molecular formula is C10H9BrClF3O2S. The summed E-state index contributed by atoms with van der Waals surface area (Å²) in [6.45, 7) is 0. The minimum Gasteiger partial charge on any atom is -0.228 e. The second-order valence-electron chi connectivity index (χ2n) is 3.69. The lowest BCUT2D eigenvalue weighted by molar-refractivity contribution is -0.123. The summed E-state index contributed by atoms with van der Waals surface area (Å²) in [5.41, 5.74) is 0.404. The van der Waals surface area contributed by atoms with Gasteiger partial charge in [0.2, 0.25) is 0 Å². The Morgan fingerprint density at radius 3 is 2.17 bits per heavy atom. The second-order valence-corrected chi connectivity index (χ2v) is 7.34. The largest absolute Gasteiger partial charge is 0.402 e. The number of benzene rings is 1. The summed E-state index contributed by atoms with van der Waals surface area (Å²) in [6, 6.07) is 5.91. The van der Waals surface area contributed by atoms with Crippen LogP contribution >= 0.6 is 27.5 Å². The molecular weight excluding hydrogens is 357 g/mol. The number of alkyl halides is 4. The summed E-state index contributed by atoms with van der Waals surface area (Å²) in [5, 5.41) is 0.435. The van der Waals surface area contributed by atoms with E-state index in [2.05, 4.69) is 15.9 Å². The van der Waals surface area contributed by atoms with Crippen molar-refractivity contribution >= 4 is 37.4 Å². The molecule has 102 valence electrons. The molecule has 0 radical (unpaired) electrons. The highest BCUT2D eigenvalue weighted by Gasteiger charge is 2.40. The molecule has 0 aliphatic carbocycles. The molecule has 0 amide bonds. The summed E-state index contributed by atoms with van der Waals surface area (Å²) < 4.78 is 59.9. The van der Waals surface area contributed by atoms with Crippen molar-refractivity contribution in [3.8, 4) is 0 Å². The van der Waals surface area contributed by atoms with E-state index in [1.165, 1.54) is 24.3 Å². The minimum absolute atomic E-state index is 0.404. The Morgan fingerprint density at radius 2 is 1.72 bits per heavy atom. The highest BCUT2D eigenvalue weighted by atomic mass is 79.9. The Bertz CT molecular complexity index is 499. The van der Waals surface area contributed by atoms with Crippen molar-refractivity contribution in [2.45, 2.75) is 16.8 Å². The van der Waals surface area contributed by atoms with Gasteiger partial charge in [0.25, 0.3) is 0 Å². The van der Waals surface area contributed by atoms with E-state index < -0.39 is 32.3 Å². The van der Waals surface area contributed by atoms with Crippen molar-refractivity contribution in [1.82, 2.24) is 0 Å². The van der Waals surface area contributed by atoms with Gasteiger partial charge in [-0.2, -0.15) is 13.2 Å². The van der Waals surface area contributed by atoms with Crippen molar-refractivity contribution < 1.29 is 21.6 Å². The number of halogens is 5. The number of hydrogen-bond donors (Lipinski definition) is 0. The van der Waals surface area contributed by atoms with Crippen LogP contribution in [0.15, 0.2) is 24.3 Å². The van der Waals surface area contributed by atoms with Crippen LogP contribution in [0.3, 0.4) is 0 Å². The molecule has 0 fully saturated rings. The topological polar surface area (TPSA) is 34.1 Å².